The number of aromatic nitrogens is 1. The molecule has 176 valence electrons. The quantitative estimate of drug-likeness (QED) is 0.443. The van der Waals surface area contributed by atoms with E-state index in [0.717, 1.165) is 10.9 Å². The van der Waals surface area contributed by atoms with Gasteiger partial charge in [0.15, 0.2) is 0 Å². The minimum absolute atomic E-state index is 0.00208. The van der Waals surface area contributed by atoms with Gasteiger partial charge in [0.2, 0.25) is 0 Å². The molecular weight excluding hydrogens is 434 g/mol. The minimum Gasteiger partial charge on any atom is -0.490 e. The maximum absolute atomic E-state index is 12.4. The van der Waals surface area contributed by atoms with E-state index in [4.69, 9.17) is 9.84 Å². The highest BCUT2D eigenvalue weighted by Gasteiger charge is 2.26. The van der Waals surface area contributed by atoms with Crippen LogP contribution >= 0.6 is 0 Å². The van der Waals surface area contributed by atoms with Crippen LogP contribution in [0.2, 0.25) is 0 Å². The van der Waals surface area contributed by atoms with Gasteiger partial charge in [-0.3, -0.25) is 19.4 Å². The minimum atomic E-state index is -0.736. The van der Waals surface area contributed by atoms with E-state index in [1.54, 1.807) is 48.7 Å². The maximum atomic E-state index is 12.4. The summed E-state index contributed by atoms with van der Waals surface area (Å²) in [5.41, 5.74) is 1.86. The van der Waals surface area contributed by atoms with Crippen molar-refractivity contribution in [2.75, 3.05) is 13.1 Å². The number of benzene rings is 2. The Morgan fingerprint density at radius 3 is 2.21 bits per heavy atom. The monoisotopic (exact) mass is 461 g/mol. The molecule has 4 rings (SSSR count). The molecule has 0 spiro atoms. The van der Waals surface area contributed by atoms with Gasteiger partial charge in [-0.15, -0.1) is 0 Å². The molecule has 1 aliphatic carbocycles. The van der Waals surface area contributed by atoms with Crippen molar-refractivity contribution in [2.24, 2.45) is 5.92 Å². The number of amides is 2. The Labute approximate surface area is 197 Å². The molecular formula is C26H27N3O5. The molecule has 0 aliphatic heterocycles. The molecule has 2 aromatic carbocycles. The summed E-state index contributed by atoms with van der Waals surface area (Å²) in [5, 5.41) is 15.6. The summed E-state index contributed by atoms with van der Waals surface area (Å²) in [6, 6.07) is 15.9. The molecule has 0 unspecified atom stereocenters. The average Bonchev–Trinajstić information content (AvgIpc) is 2.87. The normalized spacial score (nSPS) is 17.6. The number of carbonyl (C=O) groups excluding carboxylic acids is 2. The van der Waals surface area contributed by atoms with Crippen molar-refractivity contribution in [1.29, 1.82) is 0 Å². The molecule has 0 bridgehead atoms. The van der Waals surface area contributed by atoms with Crippen molar-refractivity contribution in [3.8, 4) is 5.75 Å². The molecule has 0 radical (unpaired) electrons. The number of hydrogen-bond donors (Lipinski definition) is 3. The Morgan fingerprint density at radius 1 is 0.882 bits per heavy atom. The largest absolute Gasteiger partial charge is 0.490 e. The molecule has 3 N–H and O–H groups in total. The predicted octanol–water partition coefficient (Wildman–Crippen LogP) is 3.42. The molecule has 3 aromatic rings. The zero-order valence-corrected chi connectivity index (χ0v) is 18.7. The number of fused-ring (bicyclic) bond motifs is 1. The SMILES string of the molecule is O=C(NCCNC(=O)c1ccc2ncccc2c1)c1ccc(O[C@H]2CC[C@@H](C(=O)O)CC2)cc1. The molecule has 1 saturated carbocycles. The van der Waals surface area contributed by atoms with E-state index in [1.165, 1.54) is 0 Å². The topological polar surface area (TPSA) is 118 Å². The van der Waals surface area contributed by atoms with E-state index in [9.17, 15) is 14.4 Å². The molecule has 8 heteroatoms. The summed E-state index contributed by atoms with van der Waals surface area (Å²) in [7, 11) is 0. The number of carboxylic acids is 1. The van der Waals surface area contributed by atoms with Gasteiger partial charge in [-0.25, -0.2) is 0 Å². The zero-order valence-electron chi connectivity index (χ0n) is 18.7. The summed E-state index contributed by atoms with van der Waals surface area (Å²) >= 11 is 0. The Kier molecular flexibility index (Phi) is 7.37. The number of carbonyl (C=O) groups is 3. The first-order valence-electron chi connectivity index (χ1n) is 11.4. The molecule has 1 aliphatic rings. The van der Waals surface area contributed by atoms with Gasteiger partial charge < -0.3 is 20.5 Å². The van der Waals surface area contributed by atoms with Crippen LogP contribution in [0.15, 0.2) is 60.8 Å². The van der Waals surface area contributed by atoms with Crippen molar-refractivity contribution in [3.05, 3.63) is 71.9 Å². The fraction of sp³-hybridized carbons (Fsp3) is 0.308. The van der Waals surface area contributed by atoms with E-state index in [1.807, 2.05) is 12.1 Å². The second kappa shape index (κ2) is 10.8. The predicted molar refractivity (Wildman–Crippen MR) is 127 cm³/mol. The van der Waals surface area contributed by atoms with E-state index in [0.29, 0.717) is 55.6 Å². The van der Waals surface area contributed by atoms with Crippen LogP contribution in [-0.4, -0.2) is 47.1 Å². The van der Waals surface area contributed by atoms with Gasteiger partial charge in [0.1, 0.15) is 5.75 Å². The van der Waals surface area contributed by atoms with Crippen molar-refractivity contribution < 1.29 is 24.2 Å². The van der Waals surface area contributed by atoms with Crippen LogP contribution in [0.1, 0.15) is 46.4 Å². The number of hydrogen-bond acceptors (Lipinski definition) is 5. The number of pyridine rings is 1. The van der Waals surface area contributed by atoms with Gasteiger partial charge >= 0.3 is 5.97 Å². The molecule has 8 nitrogen and oxygen atoms in total. The molecule has 2 amide bonds. The Hall–Kier alpha value is -3.94. The first kappa shape index (κ1) is 23.2. The molecule has 1 fully saturated rings. The highest BCUT2D eigenvalue weighted by atomic mass is 16.5. The first-order valence-corrected chi connectivity index (χ1v) is 11.4. The van der Waals surface area contributed by atoms with Gasteiger partial charge in [0, 0.05) is 35.8 Å². The lowest BCUT2D eigenvalue weighted by atomic mass is 9.87. The third-order valence-electron chi connectivity index (χ3n) is 6.00. The standard InChI is InChI=1S/C26H27N3O5/c30-24(17-3-8-21(9-4-17)34-22-10-5-18(6-11-22)26(32)33)28-14-15-29-25(31)20-7-12-23-19(16-20)2-1-13-27-23/h1-4,7-9,12-13,16,18,22H,5-6,10-11,14-15H2,(H,28,30)(H,29,31)(H,32,33)/t18-,22+. The van der Waals surface area contributed by atoms with E-state index < -0.39 is 5.97 Å². The lowest BCUT2D eigenvalue weighted by Crippen LogP contribution is -2.34. The van der Waals surface area contributed by atoms with Crippen molar-refractivity contribution in [2.45, 2.75) is 31.8 Å². The van der Waals surface area contributed by atoms with Gasteiger partial charge in [-0.05, 0) is 74.2 Å². The smallest absolute Gasteiger partial charge is 0.306 e. The van der Waals surface area contributed by atoms with Gasteiger partial charge in [-0.1, -0.05) is 6.07 Å². The van der Waals surface area contributed by atoms with Gasteiger partial charge in [0.25, 0.3) is 11.8 Å². The Morgan fingerprint density at radius 2 is 1.53 bits per heavy atom. The van der Waals surface area contributed by atoms with Crippen molar-refractivity contribution >= 4 is 28.7 Å². The number of carboxylic acid groups (broad SMARTS) is 1. The summed E-state index contributed by atoms with van der Waals surface area (Å²) in [6.45, 7) is 0.598. The van der Waals surface area contributed by atoms with E-state index in [-0.39, 0.29) is 23.8 Å². The second-order valence-electron chi connectivity index (χ2n) is 8.38. The molecule has 34 heavy (non-hydrogen) atoms. The molecule has 1 aromatic heterocycles. The van der Waals surface area contributed by atoms with Crippen LogP contribution in [0.3, 0.4) is 0 Å². The fourth-order valence-corrected chi connectivity index (χ4v) is 4.08. The van der Waals surface area contributed by atoms with Gasteiger partial charge in [0.05, 0.1) is 17.5 Å². The lowest BCUT2D eigenvalue weighted by molar-refractivity contribution is -0.143. The van der Waals surface area contributed by atoms with Crippen molar-refractivity contribution in [1.82, 2.24) is 15.6 Å². The summed E-state index contributed by atoms with van der Waals surface area (Å²) < 4.78 is 5.94. The number of aliphatic carboxylic acids is 1. The molecule has 0 saturated heterocycles. The maximum Gasteiger partial charge on any atom is 0.306 e. The van der Waals surface area contributed by atoms with Crippen LogP contribution in [0.4, 0.5) is 0 Å². The lowest BCUT2D eigenvalue weighted by Gasteiger charge is -2.26. The summed E-state index contributed by atoms with van der Waals surface area (Å²) in [6.07, 6.45) is 4.37. The Balaban J connectivity index is 1.19. The third kappa shape index (κ3) is 5.89. The number of rotatable bonds is 8. The van der Waals surface area contributed by atoms with Crippen LogP contribution in [-0.2, 0) is 4.79 Å². The highest BCUT2D eigenvalue weighted by molar-refractivity contribution is 5.98. The number of ether oxygens (including phenoxy) is 1. The third-order valence-corrected chi connectivity index (χ3v) is 6.00. The first-order chi connectivity index (χ1) is 16.5. The second-order valence-corrected chi connectivity index (χ2v) is 8.38. The fourth-order valence-electron chi connectivity index (χ4n) is 4.08. The van der Waals surface area contributed by atoms with Crippen LogP contribution < -0.4 is 15.4 Å². The van der Waals surface area contributed by atoms with Crippen molar-refractivity contribution in [3.63, 3.8) is 0 Å². The van der Waals surface area contributed by atoms with E-state index >= 15 is 0 Å². The summed E-state index contributed by atoms with van der Waals surface area (Å²) in [5.74, 6) is -0.799. The summed E-state index contributed by atoms with van der Waals surface area (Å²) in [4.78, 5) is 40.0. The van der Waals surface area contributed by atoms with E-state index in [2.05, 4.69) is 15.6 Å². The highest BCUT2D eigenvalue weighted by Crippen LogP contribution is 2.28. The van der Waals surface area contributed by atoms with Crippen LogP contribution in [0.5, 0.6) is 5.75 Å². The zero-order chi connectivity index (χ0) is 23.9. The number of nitrogens with zero attached hydrogens (tertiary/aromatic N) is 1. The average molecular weight is 462 g/mol. The number of nitrogens with one attached hydrogen (secondary N) is 2. The van der Waals surface area contributed by atoms with Gasteiger partial charge in [-0.2, -0.15) is 0 Å². The molecule has 1 heterocycles. The Bertz CT molecular complexity index is 1170. The van der Waals surface area contributed by atoms with Crippen LogP contribution in [0, 0.1) is 5.92 Å². The van der Waals surface area contributed by atoms with Crippen LogP contribution in [0.25, 0.3) is 10.9 Å². The molecule has 0 atom stereocenters.